The molecule has 2 heterocycles. The van der Waals surface area contributed by atoms with Crippen LogP contribution < -0.4 is 4.57 Å². The fourth-order valence-electron chi connectivity index (χ4n) is 3.22. The summed E-state index contributed by atoms with van der Waals surface area (Å²) < 4.78 is 2.36. The molecule has 1 aliphatic rings. The molecule has 2 aromatic carbocycles. The molecule has 0 bridgehead atoms. The maximum atomic E-state index is 2.36. The Morgan fingerprint density at radius 3 is 2.57 bits per heavy atom. The molecule has 1 aromatic heterocycles. The first-order valence-corrected chi connectivity index (χ1v) is 7.51. The largest absolute Gasteiger partial charge is 0.213 e. The standard InChI is InChI=1S/C20H18N/c1-15-8-10-16(11-9-15)18-6-4-5-17-12-14-21-13-3-2-7-19(21)20(17)18/h2-11,13H,12,14H2,1H3/q+1. The predicted molar refractivity (Wildman–Crippen MR) is 86.0 cm³/mol. The average molecular weight is 272 g/mol. The highest BCUT2D eigenvalue weighted by molar-refractivity contribution is 5.83. The second-order valence-electron chi connectivity index (χ2n) is 5.73. The molecule has 0 radical (unpaired) electrons. The van der Waals surface area contributed by atoms with Crippen LogP contribution in [0.2, 0.25) is 0 Å². The average Bonchev–Trinajstić information content (AvgIpc) is 2.55. The summed E-state index contributed by atoms with van der Waals surface area (Å²) in [4.78, 5) is 0. The highest BCUT2D eigenvalue weighted by atomic mass is 15.0. The summed E-state index contributed by atoms with van der Waals surface area (Å²) in [6, 6.07) is 22.0. The smallest absolute Gasteiger partial charge is 0.198 e. The molecule has 1 aliphatic heterocycles. The molecule has 0 atom stereocenters. The number of nitrogens with zero attached hydrogens (tertiary/aromatic N) is 1. The van der Waals surface area contributed by atoms with E-state index in [1.807, 2.05) is 0 Å². The fourth-order valence-corrected chi connectivity index (χ4v) is 3.22. The first kappa shape index (κ1) is 12.3. The Morgan fingerprint density at radius 2 is 1.71 bits per heavy atom. The van der Waals surface area contributed by atoms with Gasteiger partial charge >= 0.3 is 0 Å². The molecule has 0 N–H and O–H groups in total. The van der Waals surface area contributed by atoms with Crippen LogP contribution in [0.4, 0.5) is 0 Å². The van der Waals surface area contributed by atoms with Gasteiger partial charge in [0.25, 0.3) is 0 Å². The zero-order valence-electron chi connectivity index (χ0n) is 12.2. The molecular formula is C20H18N+. The molecule has 102 valence electrons. The van der Waals surface area contributed by atoms with Crippen LogP contribution in [-0.4, -0.2) is 0 Å². The molecule has 0 aliphatic carbocycles. The van der Waals surface area contributed by atoms with Gasteiger partial charge in [-0.2, -0.15) is 4.57 Å². The first-order valence-electron chi connectivity index (χ1n) is 7.51. The molecule has 1 nitrogen and oxygen atoms in total. The summed E-state index contributed by atoms with van der Waals surface area (Å²) in [5, 5.41) is 0. The van der Waals surface area contributed by atoms with Crippen LogP contribution in [0.15, 0.2) is 66.9 Å². The van der Waals surface area contributed by atoms with Crippen molar-refractivity contribution in [2.75, 3.05) is 0 Å². The Bertz CT molecular complexity index is 800. The first-order chi connectivity index (χ1) is 10.3. The van der Waals surface area contributed by atoms with Crippen molar-refractivity contribution in [1.29, 1.82) is 0 Å². The monoisotopic (exact) mass is 272 g/mol. The van der Waals surface area contributed by atoms with Crippen LogP contribution >= 0.6 is 0 Å². The lowest BCUT2D eigenvalue weighted by Gasteiger charge is -2.18. The van der Waals surface area contributed by atoms with E-state index in [0.717, 1.165) is 13.0 Å². The van der Waals surface area contributed by atoms with Gasteiger partial charge in [-0.25, -0.2) is 0 Å². The van der Waals surface area contributed by atoms with Crippen molar-refractivity contribution in [1.82, 2.24) is 0 Å². The van der Waals surface area contributed by atoms with Crippen LogP contribution in [-0.2, 0) is 13.0 Å². The van der Waals surface area contributed by atoms with Gasteiger partial charge in [-0.1, -0.05) is 48.0 Å². The lowest BCUT2D eigenvalue weighted by molar-refractivity contribution is -0.687. The van der Waals surface area contributed by atoms with E-state index in [0.29, 0.717) is 0 Å². The third-order valence-corrected chi connectivity index (χ3v) is 4.33. The number of hydrogen-bond donors (Lipinski definition) is 0. The fraction of sp³-hybridized carbons (Fsp3) is 0.150. The number of hydrogen-bond acceptors (Lipinski definition) is 0. The highest BCUT2D eigenvalue weighted by Crippen LogP contribution is 2.35. The maximum Gasteiger partial charge on any atom is 0.213 e. The molecule has 0 fully saturated rings. The number of pyridine rings is 1. The van der Waals surface area contributed by atoms with Gasteiger partial charge in [-0.3, -0.25) is 0 Å². The second kappa shape index (κ2) is 4.85. The molecule has 0 saturated carbocycles. The second-order valence-corrected chi connectivity index (χ2v) is 5.73. The van der Waals surface area contributed by atoms with E-state index in [-0.39, 0.29) is 0 Å². The minimum Gasteiger partial charge on any atom is -0.198 e. The third kappa shape index (κ3) is 2.06. The van der Waals surface area contributed by atoms with Gasteiger partial charge in [0.2, 0.25) is 5.69 Å². The molecule has 3 aromatic rings. The van der Waals surface area contributed by atoms with Crippen molar-refractivity contribution in [2.45, 2.75) is 19.9 Å². The Hall–Kier alpha value is -2.41. The van der Waals surface area contributed by atoms with E-state index < -0.39 is 0 Å². The number of rotatable bonds is 1. The number of aromatic nitrogens is 1. The SMILES string of the molecule is Cc1ccc(-c2cccc3c2-c2cccc[n+]2CC3)cc1. The van der Waals surface area contributed by atoms with Crippen molar-refractivity contribution in [3.05, 3.63) is 78.0 Å². The molecule has 1 heteroatoms. The molecule has 4 rings (SSSR count). The molecule has 0 spiro atoms. The van der Waals surface area contributed by atoms with E-state index in [2.05, 4.69) is 78.4 Å². The third-order valence-electron chi connectivity index (χ3n) is 4.33. The maximum absolute atomic E-state index is 2.36. The number of aryl methyl sites for hydroxylation is 3. The van der Waals surface area contributed by atoms with Crippen LogP contribution in [0.5, 0.6) is 0 Å². The van der Waals surface area contributed by atoms with Crippen LogP contribution in [0.3, 0.4) is 0 Å². The van der Waals surface area contributed by atoms with Gasteiger partial charge < -0.3 is 0 Å². The number of benzene rings is 2. The molecule has 0 saturated heterocycles. The van der Waals surface area contributed by atoms with Gasteiger partial charge in [0.15, 0.2) is 12.7 Å². The normalized spacial score (nSPS) is 12.6. The lowest BCUT2D eigenvalue weighted by Crippen LogP contribution is -2.39. The Labute approximate surface area is 125 Å². The molecule has 0 unspecified atom stereocenters. The van der Waals surface area contributed by atoms with Gasteiger partial charge in [0.1, 0.15) is 0 Å². The van der Waals surface area contributed by atoms with E-state index in [1.54, 1.807) is 0 Å². The summed E-state index contributed by atoms with van der Waals surface area (Å²) >= 11 is 0. The van der Waals surface area contributed by atoms with Crippen molar-refractivity contribution in [2.24, 2.45) is 0 Å². The summed E-state index contributed by atoms with van der Waals surface area (Å²) in [6.07, 6.45) is 3.29. The molecular weight excluding hydrogens is 254 g/mol. The predicted octanol–water partition coefficient (Wildman–Crippen LogP) is 4.17. The topological polar surface area (TPSA) is 3.88 Å². The Morgan fingerprint density at radius 1 is 0.857 bits per heavy atom. The van der Waals surface area contributed by atoms with Gasteiger partial charge in [0, 0.05) is 18.6 Å². The van der Waals surface area contributed by atoms with Gasteiger partial charge in [0.05, 0.1) is 5.56 Å². The lowest BCUT2D eigenvalue weighted by atomic mass is 9.89. The van der Waals surface area contributed by atoms with Crippen molar-refractivity contribution in [3.8, 4) is 22.4 Å². The van der Waals surface area contributed by atoms with Crippen molar-refractivity contribution >= 4 is 0 Å². The summed E-state index contributed by atoms with van der Waals surface area (Å²) in [5.74, 6) is 0. The van der Waals surface area contributed by atoms with E-state index >= 15 is 0 Å². The van der Waals surface area contributed by atoms with Crippen LogP contribution in [0, 0.1) is 6.92 Å². The summed E-state index contributed by atoms with van der Waals surface area (Å²) in [6.45, 7) is 3.20. The number of fused-ring (bicyclic) bond motifs is 3. The van der Waals surface area contributed by atoms with Gasteiger partial charge in [-0.05, 0) is 29.7 Å². The van der Waals surface area contributed by atoms with Crippen molar-refractivity contribution < 1.29 is 4.57 Å². The molecule has 21 heavy (non-hydrogen) atoms. The van der Waals surface area contributed by atoms with Gasteiger partial charge in [-0.15, -0.1) is 0 Å². The Kier molecular flexibility index (Phi) is 2.85. The van der Waals surface area contributed by atoms with Crippen LogP contribution in [0.1, 0.15) is 11.1 Å². The van der Waals surface area contributed by atoms with E-state index in [1.165, 1.54) is 33.5 Å². The quantitative estimate of drug-likeness (QED) is 0.585. The summed E-state index contributed by atoms with van der Waals surface area (Å²) in [5.41, 5.74) is 8.13. The Balaban J connectivity index is 1.98. The minimum atomic E-state index is 1.07. The summed E-state index contributed by atoms with van der Waals surface area (Å²) in [7, 11) is 0. The van der Waals surface area contributed by atoms with E-state index in [9.17, 15) is 0 Å². The van der Waals surface area contributed by atoms with Crippen LogP contribution in [0.25, 0.3) is 22.4 Å². The molecule has 0 amide bonds. The zero-order chi connectivity index (χ0) is 14.2. The highest BCUT2D eigenvalue weighted by Gasteiger charge is 2.24. The van der Waals surface area contributed by atoms with Crippen molar-refractivity contribution in [3.63, 3.8) is 0 Å². The zero-order valence-corrected chi connectivity index (χ0v) is 12.2. The minimum absolute atomic E-state index is 1.07. The van der Waals surface area contributed by atoms with E-state index in [4.69, 9.17) is 0 Å².